The van der Waals surface area contributed by atoms with Gasteiger partial charge in [0.1, 0.15) is 0 Å². The van der Waals surface area contributed by atoms with E-state index in [1.807, 2.05) is 6.08 Å². The molecule has 0 aliphatic heterocycles. The molecule has 0 amide bonds. The number of allylic oxidation sites excluding steroid dienone is 1. The van der Waals surface area contributed by atoms with Crippen molar-refractivity contribution in [3.8, 4) is 0 Å². The molecule has 0 aromatic carbocycles. The van der Waals surface area contributed by atoms with Gasteiger partial charge in [0, 0.05) is 0 Å². The third-order valence-corrected chi connectivity index (χ3v) is 1.60. The van der Waals surface area contributed by atoms with Crippen molar-refractivity contribution in [3.05, 3.63) is 24.5 Å². The second kappa shape index (κ2) is 5.52. The van der Waals surface area contributed by atoms with E-state index < -0.39 is 0 Å². The van der Waals surface area contributed by atoms with Gasteiger partial charge in [0.25, 0.3) is 0 Å². The minimum atomic E-state index is 1.20. The molecule has 58 valence electrons. The predicted octanol–water partition coefficient (Wildman–Crippen LogP) is 3.55. The standard InChI is InChI=1S/C10H18/c1-5-10(4)8-6-7-9(2)3/h5H,1,6-8H2,2-4H3. The van der Waals surface area contributed by atoms with Crippen LogP contribution in [0.1, 0.15) is 40.0 Å². The van der Waals surface area contributed by atoms with Crippen LogP contribution in [0.15, 0.2) is 12.7 Å². The molecule has 0 saturated carbocycles. The molecule has 0 aliphatic rings. The summed E-state index contributed by atoms with van der Waals surface area (Å²) in [6.07, 6.45) is 5.69. The third kappa shape index (κ3) is 5.87. The van der Waals surface area contributed by atoms with Crippen LogP contribution in [0.2, 0.25) is 0 Å². The number of hydrogen-bond donors (Lipinski definition) is 0. The molecule has 0 heteroatoms. The monoisotopic (exact) mass is 138 g/mol. The highest BCUT2D eigenvalue weighted by Gasteiger charge is 1.98. The van der Waals surface area contributed by atoms with Crippen LogP contribution in [-0.4, -0.2) is 0 Å². The zero-order valence-corrected chi connectivity index (χ0v) is 7.41. The van der Waals surface area contributed by atoms with Gasteiger partial charge in [-0.1, -0.05) is 33.3 Å². The van der Waals surface area contributed by atoms with Crippen molar-refractivity contribution in [1.82, 2.24) is 0 Å². The van der Waals surface area contributed by atoms with E-state index in [2.05, 4.69) is 27.4 Å². The summed E-state index contributed by atoms with van der Waals surface area (Å²) in [5.74, 6) is 2.93. The molecule has 0 heterocycles. The molecule has 0 saturated heterocycles. The van der Waals surface area contributed by atoms with Crippen LogP contribution in [0.5, 0.6) is 0 Å². The summed E-state index contributed by atoms with van der Waals surface area (Å²) < 4.78 is 0. The fourth-order valence-electron chi connectivity index (χ4n) is 0.823. The van der Waals surface area contributed by atoms with E-state index in [1.54, 1.807) is 0 Å². The van der Waals surface area contributed by atoms with Crippen LogP contribution >= 0.6 is 0 Å². The van der Waals surface area contributed by atoms with E-state index in [0.717, 1.165) is 0 Å². The first-order valence-electron chi connectivity index (χ1n) is 3.90. The highest BCUT2D eigenvalue weighted by Crippen LogP contribution is 2.14. The quantitative estimate of drug-likeness (QED) is 0.545. The SMILES string of the molecule is C=C[C](C)CCC[C](C)C. The predicted molar refractivity (Wildman–Crippen MR) is 47.6 cm³/mol. The zero-order chi connectivity index (χ0) is 7.98. The van der Waals surface area contributed by atoms with E-state index in [4.69, 9.17) is 0 Å². The van der Waals surface area contributed by atoms with Crippen molar-refractivity contribution >= 4 is 0 Å². The molecule has 0 atom stereocenters. The fourth-order valence-corrected chi connectivity index (χ4v) is 0.823. The van der Waals surface area contributed by atoms with Gasteiger partial charge in [0.05, 0.1) is 0 Å². The first kappa shape index (κ1) is 9.74. The summed E-state index contributed by atoms with van der Waals surface area (Å²) in [6.45, 7) is 10.2. The second-order valence-corrected chi connectivity index (χ2v) is 3.11. The molecule has 0 rings (SSSR count). The molecule has 0 N–H and O–H groups in total. The number of hydrogen-bond acceptors (Lipinski definition) is 0. The molecule has 0 unspecified atom stereocenters. The molecule has 0 nitrogen and oxygen atoms in total. The van der Waals surface area contributed by atoms with Gasteiger partial charge >= 0.3 is 0 Å². The minimum Gasteiger partial charge on any atom is -0.103 e. The molecule has 10 heavy (non-hydrogen) atoms. The van der Waals surface area contributed by atoms with Gasteiger partial charge in [-0.05, 0) is 24.7 Å². The van der Waals surface area contributed by atoms with Crippen LogP contribution in [0.4, 0.5) is 0 Å². The first-order valence-corrected chi connectivity index (χ1v) is 3.90. The molecule has 0 bridgehead atoms. The average Bonchev–Trinajstić information content (AvgIpc) is 1.87. The Labute approximate surface area is 65.3 Å². The summed E-state index contributed by atoms with van der Waals surface area (Å²) in [7, 11) is 0. The van der Waals surface area contributed by atoms with Crippen LogP contribution in [0, 0.1) is 11.8 Å². The van der Waals surface area contributed by atoms with Gasteiger partial charge in [-0.25, -0.2) is 0 Å². The maximum Gasteiger partial charge on any atom is -0.00610 e. The summed E-state index contributed by atoms with van der Waals surface area (Å²) in [4.78, 5) is 0. The summed E-state index contributed by atoms with van der Waals surface area (Å²) >= 11 is 0. The maximum atomic E-state index is 3.71. The Morgan fingerprint density at radius 2 is 1.80 bits per heavy atom. The Kier molecular flexibility index (Phi) is 5.38. The van der Waals surface area contributed by atoms with Gasteiger partial charge < -0.3 is 0 Å². The molecule has 0 fully saturated rings. The highest BCUT2D eigenvalue weighted by atomic mass is 14.0. The van der Waals surface area contributed by atoms with Crippen LogP contribution in [-0.2, 0) is 0 Å². The van der Waals surface area contributed by atoms with E-state index in [0.29, 0.717) is 0 Å². The molecule has 0 aromatic rings. The topological polar surface area (TPSA) is 0 Å². The van der Waals surface area contributed by atoms with E-state index >= 15 is 0 Å². The summed E-state index contributed by atoms with van der Waals surface area (Å²) in [5.41, 5.74) is 0. The summed E-state index contributed by atoms with van der Waals surface area (Å²) in [6, 6.07) is 0. The molecular formula is C10H18. The lowest BCUT2D eigenvalue weighted by molar-refractivity contribution is 0.715. The molecule has 0 aliphatic carbocycles. The van der Waals surface area contributed by atoms with Crippen molar-refractivity contribution < 1.29 is 0 Å². The molecule has 0 spiro atoms. The lowest BCUT2D eigenvalue weighted by atomic mass is 10.00. The molecular weight excluding hydrogens is 120 g/mol. The van der Waals surface area contributed by atoms with Crippen molar-refractivity contribution in [2.75, 3.05) is 0 Å². The maximum absolute atomic E-state index is 3.71. The zero-order valence-electron chi connectivity index (χ0n) is 7.41. The molecule has 2 radical (unpaired) electrons. The van der Waals surface area contributed by atoms with Crippen molar-refractivity contribution in [2.45, 2.75) is 40.0 Å². The van der Waals surface area contributed by atoms with Crippen LogP contribution in [0.25, 0.3) is 0 Å². The average molecular weight is 138 g/mol. The Balaban J connectivity index is 3.11. The van der Waals surface area contributed by atoms with Gasteiger partial charge in [-0.15, -0.1) is 6.58 Å². The van der Waals surface area contributed by atoms with Crippen molar-refractivity contribution in [1.29, 1.82) is 0 Å². The van der Waals surface area contributed by atoms with Crippen LogP contribution in [0.3, 0.4) is 0 Å². The fraction of sp³-hybridized carbons (Fsp3) is 0.600. The largest absolute Gasteiger partial charge is 0.103 e. The van der Waals surface area contributed by atoms with Crippen molar-refractivity contribution in [2.24, 2.45) is 0 Å². The van der Waals surface area contributed by atoms with Gasteiger partial charge in [-0.2, -0.15) is 0 Å². The van der Waals surface area contributed by atoms with Crippen molar-refractivity contribution in [3.63, 3.8) is 0 Å². The first-order chi connectivity index (χ1) is 4.66. The number of rotatable bonds is 5. The van der Waals surface area contributed by atoms with Crippen LogP contribution < -0.4 is 0 Å². The third-order valence-electron chi connectivity index (χ3n) is 1.60. The molecule has 0 aromatic heterocycles. The summed E-state index contributed by atoms with van der Waals surface area (Å²) in [5, 5.41) is 0. The lowest BCUT2D eigenvalue weighted by Crippen LogP contribution is -1.89. The highest BCUT2D eigenvalue weighted by molar-refractivity contribution is 5.01. The van der Waals surface area contributed by atoms with Gasteiger partial charge in [0.15, 0.2) is 0 Å². The smallest absolute Gasteiger partial charge is 0.00610 e. The second-order valence-electron chi connectivity index (χ2n) is 3.11. The Bertz CT molecular complexity index is 82.0. The Morgan fingerprint density at radius 3 is 2.20 bits per heavy atom. The Morgan fingerprint density at radius 1 is 1.20 bits per heavy atom. The normalized spacial score (nSPS) is 10.9. The van der Waals surface area contributed by atoms with Gasteiger partial charge in [-0.3, -0.25) is 0 Å². The van der Waals surface area contributed by atoms with Gasteiger partial charge in [0.2, 0.25) is 0 Å². The Hall–Kier alpha value is -0.260. The minimum absolute atomic E-state index is 1.20. The van der Waals surface area contributed by atoms with E-state index in [-0.39, 0.29) is 0 Å². The van der Waals surface area contributed by atoms with E-state index in [9.17, 15) is 0 Å². The van der Waals surface area contributed by atoms with E-state index in [1.165, 1.54) is 31.1 Å². The lowest BCUT2D eigenvalue weighted by Gasteiger charge is -2.05.